The Morgan fingerprint density at radius 3 is 2.40 bits per heavy atom. The summed E-state index contributed by atoms with van der Waals surface area (Å²) in [5.41, 5.74) is 5.10. The molecule has 1 aliphatic rings. The highest BCUT2D eigenvalue weighted by Gasteiger charge is 2.31. The van der Waals surface area contributed by atoms with Crippen molar-refractivity contribution in [2.75, 3.05) is 19.6 Å². The van der Waals surface area contributed by atoms with Crippen molar-refractivity contribution < 1.29 is 7.49 Å². The normalized spacial score (nSPS) is 22.9. The predicted molar refractivity (Wildman–Crippen MR) is 47.3 cm³/mol. The molecule has 58 valence electrons. The van der Waals surface area contributed by atoms with Crippen molar-refractivity contribution in [2.45, 2.75) is 12.8 Å². The molecule has 1 rings (SSSR count). The summed E-state index contributed by atoms with van der Waals surface area (Å²) in [5, 5.41) is 0. The average molecular weight is 255 g/mol. The van der Waals surface area contributed by atoms with Crippen molar-refractivity contribution >= 4 is 28.8 Å². The lowest BCUT2D eigenvalue weighted by molar-refractivity contribution is -0.729. The van der Waals surface area contributed by atoms with Crippen LogP contribution in [-0.4, -0.2) is 28.2 Å². The van der Waals surface area contributed by atoms with Crippen molar-refractivity contribution in [2.24, 2.45) is 5.73 Å². The van der Waals surface area contributed by atoms with E-state index in [1.165, 1.54) is 12.8 Å². The summed E-state index contributed by atoms with van der Waals surface area (Å²) in [6, 6.07) is 0. The van der Waals surface area contributed by atoms with Crippen LogP contribution in [0.15, 0.2) is 0 Å². The van der Waals surface area contributed by atoms with Gasteiger partial charge in [0.15, 0.2) is 6.54 Å². The zero-order chi connectivity index (χ0) is 7.61. The second kappa shape index (κ2) is 3.04. The van der Waals surface area contributed by atoms with Crippen molar-refractivity contribution in [3.05, 3.63) is 0 Å². The number of halogens is 1. The van der Waals surface area contributed by atoms with Crippen LogP contribution < -0.4 is 5.73 Å². The fourth-order valence-electron chi connectivity index (χ4n) is 1.34. The third-order valence-electron chi connectivity index (χ3n) is 1.81. The molecule has 1 amide bonds. The van der Waals surface area contributed by atoms with Crippen molar-refractivity contribution in [1.82, 2.24) is 0 Å². The molecule has 1 aliphatic heterocycles. The van der Waals surface area contributed by atoms with Crippen molar-refractivity contribution in [3.8, 4) is 0 Å². The Labute approximate surface area is 74.6 Å². The molecular weight excluding hydrogens is 243 g/mol. The van der Waals surface area contributed by atoms with Gasteiger partial charge in [0, 0.05) is 12.8 Å². The first kappa shape index (κ1) is 8.26. The van der Waals surface area contributed by atoms with Crippen LogP contribution in [0.5, 0.6) is 0 Å². The summed E-state index contributed by atoms with van der Waals surface area (Å²) < 4.78 is 0.826. The van der Waals surface area contributed by atoms with E-state index in [1.807, 2.05) is 0 Å². The summed E-state index contributed by atoms with van der Waals surface area (Å²) in [4.78, 5) is 10.6. The molecule has 0 radical (unpaired) electrons. The molecule has 0 aromatic heterocycles. The molecule has 3 nitrogen and oxygen atoms in total. The topological polar surface area (TPSA) is 43.1 Å². The second-order valence-corrected chi connectivity index (χ2v) is 4.85. The minimum Gasteiger partial charge on any atom is -0.365 e. The van der Waals surface area contributed by atoms with E-state index in [4.69, 9.17) is 5.73 Å². The van der Waals surface area contributed by atoms with Gasteiger partial charge in [0.25, 0.3) is 5.91 Å². The second-order valence-electron chi connectivity index (χ2n) is 2.81. The number of quaternary nitrogens is 1. The van der Waals surface area contributed by atoms with Gasteiger partial charge < -0.3 is 5.73 Å². The molecule has 10 heavy (non-hydrogen) atoms. The maximum absolute atomic E-state index is 10.6. The third-order valence-corrected chi connectivity index (χ3v) is 3.11. The Morgan fingerprint density at radius 1 is 1.50 bits per heavy atom. The largest absolute Gasteiger partial charge is 0.365 e. The first-order chi connectivity index (χ1) is 4.62. The van der Waals surface area contributed by atoms with Crippen LogP contribution >= 0.6 is 22.9 Å². The van der Waals surface area contributed by atoms with Crippen LogP contribution in [0.4, 0.5) is 0 Å². The smallest absolute Gasteiger partial charge is 0.273 e. The zero-order valence-electron chi connectivity index (χ0n) is 5.85. The standard InChI is InChI=1S/C6H11IN2O/c7-9(5-6(8)10)3-1-2-4-9/h1-5H2,(H-,8,10)/p+1. The van der Waals surface area contributed by atoms with Crippen LogP contribution in [0.3, 0.4) is 0 Å². The van der Waals surface area contributed by atoms with Crippen LogP contribution in [-0.2, 0) is 4.79 Å². The fraction of sp³-hybridized carbons (Fsp3) is 0.833. The van der Waals surface area contributed by atoms with Crippen molar-refractivity contribution in [3.63, 3.8) is 0 Å². The number of amides is 1. The van der Waals surface area contributed by atoms with Gasteiger partial charge in [-0.3, -0.25) is 7.49 Å². The number of primary amides is 1. The monoisotopic (exact) mass is 255 g/mol. The fourth-order valence-corrected chi connectivity index (χ4v) is 2.36. The number of carbonyl (C=O) groups excluding carboxylic acids is 1. The number of hydrogen-bond donors (Lipinski definition) is 1. The zero-order valence-corrected chi connectivity index (χ0v) is 8.00. The minimum absolute atomic E-state index is 0.184. The number of likely N-dealkylation sites (tertiary alicyclic amines) is 1. The van der Waals surface area contributed by atoms with Gasteiger partial charge >= 0.3 is 0 Å². The first-order valence-corrected chi connectivity index (χ1v) is 4.43. The third kappa shape index (κ3) is 2.09. The van der Waals surface area contributed by atoms with Crippen LogP contribution in [0.1, 0.15) is 12.8 Å². The lowest BCUT2D eigenvalue weighted by Gasteiger charge is -2.22. The number of rotatable bonds is 2. The van der Waals surface area contributed by atoms with Gasteiger partial charge in [-0.15, -0.1) is 0 Å². The molecule has 0 saturated carbocycles. The van der Waals surface area contributed by atoms with Crippen LogP contribution in [0, 0.1) is 0 Å². The number of nitrogens with zero attached hydrogens (tertiary/aromatic N) is 1. The first-order valence-electron chi connectivity index (χ1n) is 3.46. The molecule has 4 heteroatoms. The van der Waals surface area contributed by atoms with Crippen molar-refractivity contribution in [1.29, 1.82) is 0 Å². The SMILES string of the molecule is NC(=O)C[N+]1(I)CCCC1. The molecule has 1 saturated heterocycles. The minimum atomic E-state index is -0.184. The highest BCUT2D eigenvalue weighted by Crippen LogP contribution is 2.24. The molecule has 0 spiro atoms. The summed E-state index contributed by atoms with van der Waals surface area (Å²) in [6.45, 7) is 2.70. The molecule has 2 N–H and O–H groups in total. The lowest BCUT2D eigenvalue weighted by Crippen LogP contribution is -2.41. The molecule has 0 unspecified atom stereocenters. The molecular formula is C6H12IN2O+. The van der Waals surface area contributed by atoms with E-state index in [0.29, 0.717) is 6.54 Å². The van der Waals surface area contributed by atoms with Crippen LogP contribution in [0.25, 0.3) is 0 Å². The van der Waals surface area contributed by atoms with E-state index in [2.05, 4.69) is 22.9 Å². The van der Waals surface area contributed by atoms with E-state index in [-0.39, 0.29) is 5.91 Å². The van der Waals surface area contributed by atoms with Gasteiger partial charge in [0.1, 0.15) is 0 Å². The number of hydrogen-bond acceptors (Lipinski definition) is 1. The maximum atomic E-state index is 10.6. The van der Waals surface area contributed by atoms with Gasteiger partial charge in [-0.05, 0) is 0 Å². The Kier molecular flexibility index (Phi) is 2.51. The van der Waals surface area contributed by atoms with E-state index in [9.17, 15) is 4.79 Å². The van der Waals surface area contributed by atoms with Gasteiger partial charge in [-0.25, -0.2) is 0 Å². The summed E-state index contributed by atoms with van der Waals surface area (Å²) >= 11 is 2.32. The summed E-state index contributed by atoms with van der Waals surface area (Å²) in [5.74, 6) is -0.184. The van der Waals surface area contributed by atoms with Gasteiger partial charge in [-0.2, -0.15) is 0 Å². The van der Waals surface area contributed by atoms with E-state index in [0.717, 1.165) is 15.8 Å². The van der Waals surface area contributed by atoms with Gasteiger partial charge in [0.2, 0.25) is 22.9 Å². The highest BCUT2D eigenvalue weighted by atomic mass is 127. The van der Waals surface area contributed by atoms with Gasteiger partial charge in [0.05, 0.1) is 13.1 Å². The van der Waals surface area contributed by atoms with Crippen LogP contribution in [0.2, 0.25) is 0 Å². The lowest BCUT2D eigenvalue weighted by atomic mass is 10.4. The van der Waals surface area contributed by atoms with E-state index < -0.39 is 0 Å². The average Bonchev–Trinajstić information content (AvgIpc) is 2.12. The molecule has 0 bridgehead atoms. The predicted octanol–water partition coefficient (Wildman–Crippen LogP) is 0.432. The molecule has 1 fully saturated rings. The van der Waals surface area contributed by atoms with E-state index in [1.54, 1.807) is 0 Å². The Morgan fingerprint density at radius 2 is 2.00 bits per heavy atom. The van der Waals surface area contributed by atoms with Gasteiger partial charge in [-0.1, -0.05) is 0 Å². The van der Waals surface area contributed by atoms with E-state index >= 15 is 0 Å². The number of carbonyl (C=O) groups is 1. The number of nitrogens with two attached hydrogens (primary N) is 1. The molecule has 0 aromatic rings. The quantitative estimate of drug-likeness (QED) is 0.564. The molecule has 0 atom stereocenters. The molecule has 0 aromatic carbocycles. The Bertz CT molecular complexity index is 143. The summed E-state index contributed by atoms with van der Waals surface area (Å²) in [6.07, 6.45) is 2.46. The molecule has 1 heterocycles. The molecule has 0 aliphatic carbocycles. The summed E-state index contributed by atoms with van der Waals surface area (Å²) in [7, 11) is 0. The Balaban J connectivity index is 2.43. The maximum Gasteiger partial charge on any atom is 0.273 e. The Hall–Kier alpha value is 0.160. The highest BCUT2D eigenvalue weighted by molar-refractivity contribution is 14.1.